The lowest BCUT2D eigenvalue weighted by atomic mass is 9.94. The lowest BCUT2D eigenvalue weighted by molar-refractivity contribution is -0.123. The van der Waals surface area contributed by atoms with Gasteiger partial charge in [-0.05, 0) is 50.9 Å². The first-order valence-electron chi connectivity index (χ1n) is 10.7. The summed E-state index contributed by atoms with van der Waals surface area (Å²) >= 11 is 0. The molecule has 6 nitrogen and oxygen atoms in total. The molecular formula is C23H36N4O2. The molecule has 2 rings (SSSR count). The highest BCUT2D eigenvalue weighted by Gasteiger charge is 2.19. The molecule has 0 fully saturated rings. The van der Waals surface area contributed by atoms with Gasteiger partial charge in [0.05, 0.1) is 6.33 Å². The summed E-state index contributed by atoms with van der Waals surface area (Å²) < 4.78 is 7.70. The zero-order valence-corrected chi connectivity index (χ0v) is 18.1. The summed E-state index contributed by atoms with van der Waals surface area (Å²) in [7, 11) is 0. The van der Waals surface area contributed by atoms with Crippen molar-refractivity contribution in [1.82, 2.24) is 20.2 Å². The molecule has 0 radical (unpaired) electrons. The van der Waals surface area contributed by atoms with E-state index in [4.69, 9.17) is 4.74 Å². The second kappa shape index (κ2) is 12.3. The number of aromatic nitrogens is 2. The van der Waals surface area contributed by atoms with Crippen LogP contribution in [-0.2, 0) is 16.9 Å². The number of aryl methyl sites for hydroxylation is 1. The van der Waals surface area contributed by atoms with Crippen LogP contribution in [-0.4, -0.2) is 35.2 Å². The molecular weight excluding hydrogens is 364 g/mol. The Morgan fingerprint density at radius 3 is 2.59 bits per heavy atom. The first-order chi connectivity index (χ1) is 14.0. The predicted molar refractivity (Wildman–Crippen MR) is 117 cm³/mol. The molecule has 0 aliphatic rings. The highest BCUT2D eigenvalue weighted by Crippen LogP contribution is 2.22. The molecule has 0 aliphatic carbocycles. The maximum Gasteiger partial charge on any atom is 0.257 e. The zero-order chi connectivity index (χ0) is 21.0. The first kappa shape index (κ1) is 22.9. The molecule has 1 aromatic carbocycles. The number of hydrogen-bond donors (Lipinski definition) is 2. The molecule has 0 aliphatic heterocycles. The number of carbonyl (C=O) groups is 1. The molecule has 2 N–H and O–H groups in total. The van der Waals surface area contributed by atoms with Crippen molar-refractivity contribution in [3.05, 3.63) is 48.5 Å². The highest BCUT2D eigenvalue weighted by molar-refractivity contribution is 5.77. The molecule has 29 heavy (non-hydrogen) atoms. The molecule has 1 aromatic heterocycles. The van der Waals surface area contributed by atoms with Crippen molar-refractivity contribution in [1.29, 1.82) is 0 Å². The van der Waals surface area contributed by atoms with Gasteiger partial charge in [0, 0.05) is 31.0 Å². The third-order valence-electron chi connectivity index (χ3n) is 5.02. The van der Waals surface area contributed by atoms with E-state index in [9.17, 15) is 4.79 Å². The van der Waals surface area contributed by atoms with Crippen LogP contribution in [0.4, 0.5) is 0 Å². The Morgan fingerprint density at radius 1 is 1.10 bits per heavy atom. The molecule has 0 saturated carbocycles. The number of benzene rings is 1. The molecule has 0 bridgehead atoms. The third-order valence-corrected chi connectivity index (χ3v) is 5.02. The molecule has 0 unspecified atom stereocenters. The van der Waals surface area contributed by atoms with Crippen molar-refractivity contribution in [3.63, 3.8) is 0 Å². The average Bonchev–Trinajstić information content (AvgIpc) is 3.23. The van der Waals surface area contributed by atoms with Crippen LogP contribution in [0.3, 0.4) is 0 Å². The van der Waals surface area contributed by atoms with Crippen molar-refractivity contribution in [2.24, 2.45) is 0 Å². The number of ether oxygens (including phenoxy) is 1. The van der Waals surface area contributed by atoms with Crippen molar-refractivity contribution in [2.75, 3.05) is 19.7 Å². The predicted octanol–water partition coefficient (Wildman–Crippen LogP) is 3.87. The van der Waals surface area contributed by atoms with Gasteiger partial charge in [0.25, 0.3) is 5.91 Å². The topological polar surface area (TPSA) is 68.2 Å². The van der Waals surface area contributed by atoms with E-state index in [1.165, 1.54) is 18.4 Å². The Hall–Kier alpha value is -2.34. The summed E-state index contributed by atoms with van der Waals surface area (Å²) in [5.74, 6) is 0.649. The van der Waals surface area contributed by atoms with Gasteiger partial charge < -0.3 is 19.9 Å². The van der Waals surface area contributed by atoms with E-state index in [1.54, 1.807) is 6.20 Å². The van der Waals surface area contributed by atoms with Gasteiger partial charge >= 0.3 is 0 Å². The molecule has 2 aromatic rings. The number of rotatable bonds is 14. The smallest absolute Gasteiger partial charge is 0.257 e. The summed E-state index contributed by atoms with van der Waals surface area (Å²) in [6, 6.07) is 7.97. The summed E-state index contributed by atoms with van der Waals surface area (Å²) in [6.45, 7) is 9.18. The van der Waals surface area contributed by atoms with E-state index in [2.05, 4.69) is 53.1 Å². The van der Waals surface area contributed by atoms with Gasteiger partial charge in [0.15, 0.2) is 6.61 Å². The second-order valence-corrected chi connectivity index (χ2v) is 7.93. The van der Waals surface area contributed by atoms with E-state index in [-0.39, 0.29) is 18.1 Å². The van der Waals surface area contributed by atoms with E-state index in [0.717, 1.165) is 38.9 Å². The fourth-order valence-electron chi connectivity index (χ4n) is 3.13. The standard InChI is InChI=1S/C23H36N4O2/c1-4-5-6-7-13-25-22(28)18-29-21-11-9-20(10-12-21)23(2,3)26-14-8-16-27-17-15-24-19-27/h9-12,15,17,19,26H,4-8,13-14,16,18H2,1-3H3,(H,25,28). The van der Waals surface area contributed by atoms with E-state index in [0.29, 0.717) is 5.75 Å². The highest BCUT2D eigenvalue weighted by atomic mass is 16.5. The number of hydrogen-bond acceptors (Lipinski definition) is 4. The van der Waals surface area contributed by atoms with Crippen LogP contribution in [0.5, 0.6) is 5.75 Å². The van der Waals surface area contributed by atoms with Gasteiger partial charge in [0.1, 0.15) is 5.75 Å². The minimum atomic E-state index is -0.136. The maximum absolute atomic E-state index is 11.9. The van der Waals surface area contributed by atoms with Crippen LogP contribution in [0, 0.1) is 0 Å². The van der Waals surface area contributed by atoms with E-state index >= 15 is 0 Å². The van der Waals surface area contributed by atoms with Crippen molar-refractivity contribution in [3.8, 4) is 5.75 Å². The van der Waals surface area contributed by atoms with Crippen LogP contribution >= 0.6 is 0 Å². The summed E-state index contributed by atoms with van der Waals surface area (Å²) in [6.07, 6.45) is 11.3. The Kier molecular flexibility index (Phi) is 9.71. The molecule has 6 heteroatoms. The number of carbonyl (C=O) groups excluding carboxylic acids is 1. The largest absolute Gasteiger partial charge is 0.484 e. The second-order valence-electron chi connectivity index (χ2n) is 7.93. The fraction of sp³-hybridized carbons (Fsp3) is 0.565. The zero-order valence-electron chi connectivity index (χ0n) is 18.1. The molecule has 1 amide bonds. The summed E-state index contributed by atoms with van der Waals surface area (Å²) in [4.78, 5) is 15.9. The number of unbranched alkanes of at least 4 members (excludes halogenated alkanes) is 3. The van der Waals surface area contributed by atoms with Crippen LogP contribution in [0.2, 0.25) is 0 Å². The Balaban J connectivity index is 1.68. The fourth-order valence-corrected chi connectivity index (χ4v) is 3.13. The summed E-state index contributed by atoms with van der Waals surface area (Å²) in [5.41, 5.74) is 1.05. The lowest BCUT2D eigenvalue weighted by Gasteiger charge is -2.27. The Morgan fingerprint density at radius 2 is 1.90 bits per heavy atom. The van der Waals surface area contributed by atoms with Crippen molar-refractivity contribution < 1.29 is 9.53 Å². The Labute approximate surface area is 175 Å². The van der Waals surface area contributed by atoms with Gasteiger partial charge in [-0.25, -0.2) is 4.98 Å². The van der Waals surface area contributed by atoms with Crippen LogP contribution < -0.4 is 15.4 Å². The maximum atomic E-state index is 11.9. The number of nitrogens with zero attached hydrogens (tertiary/aromatic N) is 2. The summed E-state index contributed by atoms with van der Waals surface area (Å²) in [5, 5.41) is 6.51. The van der Waals surface area contributed by atoms with Crippen LogP contribution in [0.15, 0.2) is 43.0 Å². The molecule has 160 valence electrons. The van der Waals surface area contributed by atoms with Crippen LogP contribution in [0.1, 0.15) is 58.4 Å². The van der Waals surface area contributed by atoms with Gasteiger partial charge in [-0.2, -0.15) is 0 Å². The van der Waals surface area contributed by atoms with Gasteiger partial charge in [0.2, 0.25) is 0 Å². The lowest BCUT2D eigenvalue weighted by Crippen LogP contribution is -2.37. The minimum Gasteiger partial charge on any atom is -0.484 e. The monoisotopic (exact) mass is 400 g/mol. The number of amides is 1. The number of nitrogens with one attached hydrogen (secondary N) is 2. The Bertz CT molecular complexity index is 696. The SMILES string of the molecule is CCCCCCNC(=O)COc1ccc(C(C)(C)NCCCn2ccnc2)cc1. The normalized spacial score (nSPS) is 11.4. The number of imidazole rings is 1. The van der Waals surface area contributed by atoms with Gasteiger partial charge in [-0.15, -0.1) is 0 Å². The van der Waals surface area contributed by atoms with Crippen LogP contribution in [0.25, 0.3) is 0 Å². The first-order valence-corrected chi connectivity index (χ1v) is 10.7. The van der Waals surface area contributed by atoms with Crippen molar-refractivity contribution in [2.45, 2.75) is 65.0 Å². The quantitative estimate of drug-likeness (QED) is 0.472. The van der Waals surface area contributed by atoms with Crippen molar-refractivity contribution >= 4 is 5.91 Å². The van der Waals surface area contributed by atoms with E-state index in [1.807, 2.05) is 24.7 Å². The minimum absolute atomic E-state index is 0.0585. The van der Waals surface area contributed by atoms with Gasteiger partial charge in [-0.1, -0.05) is 38.3 Å². The molecule has 0 spiro atoms. The average molecular weight is 401 g/mol. The molecule has 1 heterocycles. The van der Waals surface area contributed by atoms with E-state index < -0.39 is 0 Å². The molecule has 0 saturated heterocycles. The third kappa shape index (κ3) is 8.69. The molecule has 0 atom stereocenters. The van der Waals surface area contributed by atoms with Gasteiger partial charge in [-0.3, -0.25) is 4.79 Å².